The van der Waals surface area contributed by atoms with Gasteiger partial charge in [0, 0.05) is 10.7 Å². The lowest BCUT2D eigenvalue weighted by Crippen LogP contribution is -2.62. The number of hydrogen-bond donors (Lipinski definition) is 3. The first kappa shape index (κ1) is 17.0. The number of benzene rings is 1. The van der Waals surface area contributed by atoms with Gasteiger partial charge in [0.1, 0.15) is 5.82 Å². The summed E-state index contributed by atoms with van der Waals surface area (Å²) in [5.41, 5.74) is -3.72. The molecule has 1 atom stereocenters. The van der Waals surface area contributed by atoms with Crippen LogP contribution in [0.3, 0.4) is 0 Å². The summed E-state index contributed by atoms with van der Waals surface area (Å²) in [6.07, 6.45) is -5.23. The molecule has 0 fully saturated rings. The number of aliphatic carboxylic acids is 1. The molecule has 1 aromatic rings. The number of carboxylic acids is 1. The lowest BCUT2D eigenvalue weighted by Gasteiger charge is -2.28. The Morgan fingerprint density at radius 3 is 2.24 bits per heavy atom. The molecular weight excluding hydrogens is 320 g/mol. The second-order valence-corrected chi connectivity index (χ2v) is 4.60. The third-order valence-corrected chi connectivity index (χ3v) is 2.70. The lowest BCUT2D eigenvalue weighted by atomic mass is 10.0. The number of rotatable bonds is 3. The summed E-state index contributed by atoms with van der Waals surface area (Å²) in [5, 5.41) is 11.7. The highest BCUT2D eigenvalue weighted by atomic mass is 35.5. The van der Waals surface area contributed by atoms with Gasteiger partial charge >= 0.3 is 18.2 Å². The molecule has 0 aliphatic rings. The Kier molecular flexibility index (Phi) is 4.67. The number of halogens is 5. The summed E-state index contributed by atoms with van der Waals surface area (Å²) in [6.45, 7) is 0.285. The quantitative estimate of drug-likeness (QED) is 0.746. The van der Waals surface area contributed by atoms with Crippen LogP contribution in [0.4, 0.5) is 28.0 Å². The summed E-state index contributed by atoms with van der Waals surface area (Å²) >= 11 is 5.50. The van der Waals surface area contributed by atoms with Crippen LogP contribution in [-0.2, 0) is 4.79 Å². The van der Waals surface area contributed by atoms with E-state index in [9.17, 15) is 27.2 Å². The number of alkyl halides is 3. The average molecular weight is 329 g/mol. The number of carbonyl (C=O) groups excluding carboxylic acids is 1. The van der Waals surface area contributed by atoms with Crippen LogP contribution >= 0.6 is 11.6 Å². The topological polar surface area (TPSA) is 78.4 Å². The van der Waals surface area contributed by atoms with Crippen LogP contribution < -0.4 is 10.6 Å². The van der Waals surface area contributed by atoms with E-state index in [2.05, 4.69) is 0 Å². The van der Waals surface area contributed by atoms with Crippen LogP contribution in [-0.4, -0.2) is 28.8 Å². The molecule has 10 heteroatoms. The van der Waals surface area contributed by atoms with E-state index in [1.807, 2.05) is 5.32 Å². The van der Waals surface area contributed by atoms with Crippen molar-refractivity contribution in [2.75, 3.05) is 5.32 Å². The van der Waals surface area contributed by atoms with Crippen molar-refractivity contribution in [3.63, 3.8) is 0 Å². The Balaban J connectivity index is 2.92. The van der Waals surface area contributed by atoms with Gasteiger partial charge in [-0.1, -0.05) is 11.6 Å². The number of carboxylic acid groups (broad SMARTS) is 1. The SMILES string of the molecule is CC(NC(=O)Nc1cc(F)cc(Cl)c1)(C(=O)O)C(F)(F)F. The van der Waals surface area contributed by atoms with E-state index in [-0.39, 0.29) is 17.6 Å². The second-order valence-electron chi connectivity index (χ2n) is 4.17. The number of amides is 2. The lowest BCUT2D eigenvalue weighted by molar-refractivity contribution is -0.203. The molecule has 0 saturated heterocycles. The number of urea groups is 1. The molecule has 1 unspecified atom stereocenters. The van der Waals surface area contributed by atoms with Crippen molar-refractivity contribution in [3.8, 4) is 0 Å². The minimum absolute atomic E-state index is 0.0953. The maximum Gasteiger partial charge on any atom is 0.422 e. The molecule has 0 aliphatic heterocycles. The van der Waals surface area contributed by atoms with Crippen LogP contribution in [0, 0.1) is 5.82 Å². The molecule has 0 bridgehead atoms. The van der Waals surface area contributed by atoms with E-state index in [0.717, 1.165) is 18.2 Å². The van der Waals surface area contributed by atoms with Crippen LogP contribution in [0.25, 0.3) is 0 Å². The van der Waals surface area contributed by atoms with Crippen LogP contribution in [0.1, 0.15) is 6.92 Å². The van der Waals surface area contributed by atoms with Gasteiger partial charge in [0.2, 0.25) is 5.54 Å². The maximum atomic E-state index is 13.0. The van der Waals surface area contributed by atoms with Crippen molar-refractivity contribution in [1.29, 1.82) is 0 Å². The van der Waals surface area contributed by atoms with Crippen LogP contribution in [0.2, 0.25) is 5.02 Å². The van der Waals surface area contributed by atoms with Crippen molar-refractivity contribution in [1.82, 2.24) is 5.32 Å². The zero-order valence-electron chi connectivity index (χ0n) is 10.4. The standard InChI is InChI=1S/C11H9ClF4N2O3/c1-10(8(19)20,11(14,15)16)18-9(21)17-7-3-5(12)2-6(13)4-7/h2-4H,1H3,(H,19,20)(H2,17,18,21). The summed E-state index contributed by atoms with van der Waals surface area (Å²) in [6, 6.07) is 1.33. The number of nitrogens with one attached hydrogen (secondary N) is 2. The van der Waals surface area contributed by atoms with Crippen LogP contribution in [0.15, 0.2) is 18.2 Å². The van der Waals surface area contributed by atoms with E-state index in [4.69, 9.17) is 16.7 Å². The molecule has 3 N–H and O–H groups in total. The fourth-order valence-corrected chi connectivity index (χ4v) is 1.48. The van der Waals surface area contributed by atoms with Gasteiger partial charge in [-0.15, -0.1) is 0 Å². The Bertz CT molecular complexity index is 559. The molecule has 0 aromatic heterocycles. The molecule has 116 valence electrons. The summed E-state index contributed by atoms with van der Waals surface area (Å²) in [4.78, 5) is 22.2. The average Bonchev–Trinajstić information content (AvgIpc) is 2.24. The van der Waals surface area contributed by atoms with Crippen LogP contribution in [0.5, 0.6) is 0 Å². The largest absolute Gasteiger partial charge is 0.479 e. The van der Waals surface area contributed by atoms with Gasteiger partial charge < -0.3 is 15.7 Å². The van der Waals surface area contributed by atoms with Gasteiger partial charge in [-0.2, -0.15) is 13.2 Å². The van der Waals surface area contributed by atoms with Gasteiger partial charge in [0.25, 0.3) is 0 Å². The molecule has 2 amide bonds. The minimum Gasteiger partial charge on any atom is -0.479 e. The minimum atomic E-state index is -5.23. The highest BCUT2D eigenvalue weighted by Crippen LogP contribution is 2.30. The number of carbonyl (C=O) groups is 2. The van der Waals surface area contributed by atoms with Crippen molar-refractivity contribution in [3.05, 3.63) is 29.0 Å². The molecule has 0 aliphatic carbocycles. The fourth-order valence-electron chi connectivity index (χ4n) is 1.26. The molecule has 5 nitrogen and oxygen atoms in total. The molecule has 21 heavy (non-hydrogen) atoms. The third kappa shape index (κ3) is 3.97. The highest BCUT2D eigenvalue weighted by molar-refractivity contribution is 6.30. The summed E-state index contributed by atoms with van der Waals surface area (Å²) in [5.74, 6) is -3.11. The van der Waals surface area contributed by atoms with Gasteiger partial charge in [0.15, 0.2) is 0 Å². The smallest absolute Gasteiger partial charge is 0.422 e. The summed E-state index contributed by atoms with van der Waals surface area (Å²) < 4.78 is 51.0. The first-order chi connectivity index (χ1) is 9.45. The molecule has 1 rings (SSSR count). The van der Waals surface area contributed by atoms with E-state index in [0.29, 0.717) is 0 Å². The number of hydrogen-bond acceptors (Lipinski definition) is 2. The Labute approximate surface area is 120 Å². The maximum absolute atomic E-state index is 13.0. The van der Waals surface area contributed by atoms with E-state index in [1.54, 1.807) is 0 Å². The van der Waals surface area contributed by atoms with Gasteiger partial charge in [0.05, 0.1) is 0 Å². The van der Waals surface area contributed by atoms with E-state index in [1.165, 1.54) is 5.32 Å². The predicted octanol–water partition coefficient (Wildman–Crippen LogP) is 3.01. The first-order valence-electron chi connectivity index (χ1n) is 5.31. The van der Waals surface area contributed by atoms with Gasteiger partial charge in [-0.25, -0.2) is 14.0 Å². The molecule has 1 aromatic carbocycles. The van der Waals surface area contributed by atoms with Crippen molar-refractivity contribution in [2.24, 2.45) is 0 Å². The Hall–Kier alpha value is -2.03. The van der Waals surface area contributed by atoms with Gasteiger partial charge in [-0.05, 0) is 25.1 Å². The molecule has 0 saturated carbocycles. The zero-order chi connectivity index (χ0) is 16.4. The monoisotopic (exact) mass is 328 g/mol. The molecule has 0 spiro atoms. The summed E-state index contributed by atoms with van der Waals surface area (Å²) in [7, 11) is 0. The first-order valence-corrected chi connectivity index (χ1v) is 5.69. The van der Waals surface area contributed by atoms with Crippen molar-refractivity contribution >= 4 is 29.3 Å². The zero-order valence-corrected chi connectivity index (χ0v) is 11.1. The Morgan fingerprint density at radius 2 is 1.81 bits per heavy atom. The highest BCUT2D eigenvalue weighted by Gasteiger charge is 2.58. The predicted molar refractivity (Wildman–Crippen MR) is 65.7 cm³/mol. The van der Waals surface area contributed by atoms with Crippen molar-refractivity contribution < 1.29 is 32.3 Å². The molecule has 0 heterocycles. The second kappa shape index (κ2) is 5.76. The van der Waals surface area contributed by atoms with E-state index < -0.39 is 29.5 Å². The normalized spacial score (nSPS) is 14.2. The third-order valence-electron chi connectivity index (χ3n) is 2.48. The van der Waals surface area contributed by atoms with Crippen molar-refractivity contribution in [2.45, 2.75) is 18.6 Å². The number of anilines is 1. The Morgan fingerprint density at radius 1 is 1.24 bits per heavy atom. The fraction of sp³-hybridized carbons (Fsp3) is 0.273. The van der Waals surface area contributed by atoms with Gasteiger partial charge in [-0.3, -0.25) is 0 Å². The van der Waals surface area contributed by atoms with E-state index >= 15 is 0 Å². The molecular formula is C11H9ClF4N2O3. The molecule has 0 radical (unpaired) electrons.